The SMILES string of the molecule is CCCCCC/C=C/c1ccc2c(c1)Cc1c-2sc2cc(/C=C/CCCCCC)ccc12. The molecule has 32 heavy (non-hydrogen) atoms. The molecule has 0 saturated carbocycles. The summed E-state index contributed by atoms with van der Waals surface area (Å²) in [6.07, 6.45) is 23.5. The number of fused-ring (bicyclic) bond motifs is 5. The molecule has 0 atom stereocenters. The van der Waals surface area contributed by atoms with Crippen molar-refractivity contribution in [2.45, 2.75) is 84.5 Å². The van der Waals surface area contributed by atoms with E-state index in [9.17, 15) is 0 Å². The number of thiophene rings is 1. The van der Waals surface area contributed by atoms with Crippen molar-refractivity contribution in [1.29, 1.82) is 0 Å². The predicted octanol–water partition coefficient (Wildman–Crippen LogP) is 10.4. The molecular formula is C31H38S. The van der Waals surface area contributed by atoms with Crippen molar-refractivity contribution in [3.63, 3.8) is 0 Å². The second-order valence-electron chi connectivity index (χ2n) is 9.26. The van der Waals surface area contributed by atoms with E-state index in [1.165, 1.54) is 107 Å². The molecule has 1 aromatic heterocycles. The Morgan fingerprint density at radius 1 is 0.750 bits per heavy atom. The first-order valence-corrected chi connectivity index (χ1v) is 13.6. The monoisotopic (exact) mass is 442 g/mol. The highest BCUT2D eigenvalue weighted by Crippen LogP contribution is 2.46. The van der Waals surface area contributed by atoms with Gasteiger partial charge in [-0.15, -0.1) is 11.3 Å². The van der Waals surface area contributed by atoms with E-state index in [0.29, 0.717) is 0 Å². The van der Waals surface area contributed by atoms with Gasteiger partial charge in [-0.05, 0) is 65.0 Å². The summed E-state index contributed by atoms with van der Waals surface area (Å²) in [6.45, 7) is 4.54. The molecule has 0 saturated heterocycles. The maximum Gasteiger partial charge on any atom is 0.0393 e. The molecular weight excluding hydrogens is 404 g/mol. The average Bonchev–Trinajstić information content (AvgIpc) is 3.33. The van der Waals surface area contributed by atoms with E-state index in [1.54, 1.807) is 0 Å². The lowest BCUT2D eigenvalue weighted by Gasteiger charge is -2.02. The second kappa shape index (κ2) is 11.7. The molecule has 0 amide bonds. The first kappa shape index (κ1) is 23.1. The van der Waals surface area contributed by atoms with Crippen molar-refractivity contribution < 1.29 is 0 Å². The lowest BCUT2D eigenvalue weighted by molar-refractivity contribution is 0.675. The highest BCUT2D eigenvalue weighted by molar-refractivity contribution is 7.22. The first-order chi connectivity index (χ1) is 15.8. The fraction of sp³-hybridized carbons (Fsp3) is 0.419. The molecule has 2 aromatic carbocycles. The van der Waals surface area contributed by atoms with Crippen LogP contribution in [0.3, 0.4) is 0 Å². The van der Waals surface area contributed by atoms with Crippen LogP contribution in [0.25, 0.3) is 32.7 Å². The van der Waals surface area contributed by atoms with Gasteiger partial charge < -0.3 is 0 Å². The summed E-state index contributed by atoms with van der Waals surface area (Å²) in [5.74, 6) is 0. The Morgan fingerprint density at radius 2 is 1.41 bits per heavy atom. The Balaban J connectivity index is 1.42. The van der Waals surface area contributed by atoms with Crippen LogP contribution in [0.1, 0.15) is 100 Å². The topological polar surface area (TPSA) is 0 Å². The quantitative estimate of drug-likeness (QED) is 0.191. The summed E-state index contributed by atoms with van der Waals surface area (Å²) in [7, 11) is 0. The van der Waals surface area contributed by atoms with E-state index in [2.05, 4.69) is 74.5 Å². The van der Waals surface area contributed by atoms with Crippen LogP contribution in [-0.4, -0.2) is 0 Å². The third-order valence-electron chi connectivity index (χ3n) is 6.63. The Hall–Kier alpha value is -2.12. The molecule has 3 aromatic rings. The molecule has 0 N–H and O–H groups in total. The lowest BCUT2D eigenvalue weighted by Crippen LogP contribution is -1.83. The summed E-state index contributed by atoms with van der Waals surface area (Å²) in [5, 5.41) is 1.45. The zero-order valence-electron chi connectivity index (χ0n) is 20.0. The highest BCUT2D eigenvalue weighted by Gasteiger charge is 2.23. The van der Waals surface area contributed by atoms with E-state index in [4.69, 9.17) is 0 Å². The molecule has 1 aliphatic rings. The minimum atomic E-state index is 1.08. The van der Waals surface area contributed by atoms with Crippen LogP contribution in [0.4, 0.5) is 0 Å². The van der Waals surface area contributed by atoms with Gasteiger partial charge in [0.15, 0.2) is 0 Å². The number of rotatable bonds is 12. The zero-order valence-corrected chi connectivity index (χ0v) is 20.8. The van der Waals surface area contributed by atoms with Gasteiger partial charge in [-0.2, -0.15) is 0 Å². The van der Waals surface area contributed by atoms with Gasteiger partial charge >= 0.3 is 0 Å². The minimum absolute atomic E-state index is 1.08. The van der Waals surface area contributed by atoms with Crippen LogP contribution in [0.2, 0.25) is 0 Å². The number of hydrogen-bond acceptors (Lipinski definition) is 1. The Bertz CT molecular complexity index is 1080. The fourth-order valence-electron chi connectivity index (χ4n) is 4.76. The first-order valence-electron chi connectivity index (χ1n) is 12.8. The van der Waals surface area contributed by atoms with Gasteiger partial charge in [0.25, 0.3) is 0 Å². The number of hydrogen-bond donors (Lipinski definition) is 0. The van der Waals surface area contributed by atoms with Crippen molar-refractivity contribution in [2.24, 2.45) is 0 Å². The van der Waals surface area contributed by atoms with Crippen molar-refractivity contribution in [3.8, 4) is 10.4 Å². The molecule has 4 rings (SSSR count). The summed E-state index contributed by atoms with van der Waals surface area (Å²) in [4.78, 5) is 1.49. The largest absolute Gasteiger partial charge is 0.135 e. The molecule has 0 radical (unpaired) electrons. The molecule has 0 unspecified atom stereocenters. The summed E-state index contributed by atoms with van der Waals surface area (Å²) >= 11 is 1.98. The molecule has 1 aliphatic carbocycles. The summed E-state index contributed by atoms with van der Waals surface area (Å²) in [6, 6.07) is 14.1. The molecule has 0 bridgehead atoms. The summed E-state index contributed by atoms with van der Waals surface area (Å²) < 4.78 is 1.44. The third kappa shape index (κ3) is 5.62. The smallest absolute Gasteiger partial charge is 0.0393 e. The van der Waals surface area contributed by atoms with Crippen LogP contribution in [0.15, 0.2) is 48.6 Å². The maximum atomic E-state index is 2.41. The zero-order chi connectivity index (χ0) is 22.2. The number of benzene rings is 2. The van der Waals surface area contributed by atoms with Crippen molar-refractivity contribution in [3.05, 3.63) is 70.8 Å². The van der Waals surface area contributed by atoms with E-state index >= 15 is 0 Å². The van der Waals surface area contributed by atoms with Crippen molar-refractivity contribution in [2.75, 3.05) is 0 Å². The van der Waals surface area contributed by atoms with Gasteiger partial charge in [0.2, 0.25) is 0 Å². The third-order valence-corrected chi connectivity index (χ3v) is 7.86. The van der Waals surface area contributed by atoms with Crippen LogP contribution in [0, 0.1) is 0 Å². The van der Waals surface area contributed by atoms with Crippen LogP contribution in [-0.2, 0) is 6.42 Å². The van der Waals surface area contributed by atoms with Crippen molar-refractivity contribution >= 4 is 33.6 Å². The predicted molar refractivity (Wildman–Crippen MR) is 146 cm³/mol. The van der Waals surface area contributed by atoms with E-state index < -0.39 is 0 Å². The Morgan fingerprint density at radius 3 is 2.09 bits per heavy atom. The Labute approximate surface area is 199 Å². The van der Waals surface area contributed by atoms with Gasteiger partial charge in [-0.1, -0.05) is 107 Å². The second-order valence-corrected chi connectivity index (χ2v) is 10.3. The van der Waals surface area contributed by atoms with Crippen LogP contribution >= 0.6 is 11.3 Å². The maximum absolute atomic E-state index is 2.41. The molecule has 0 fully saturated rings. The van der Waals surface area contributed by atoms with Gasteiger partial charge in [0.1, 0.15) is 0 Å². The van der Waals surface area contributed by atoms with Gasteiger partial charge in [-0.25, -0.2) is 0 Å². The Kier molecular flexibility index (Phi) is 8.40. The van der Waals surface area contributed by atoms with E-state index in [-0.39, 0.29) is 0 Å². The number of unbranched alkanes of at least 4 members (excludes halogenated alkanes) is 8. The molecule has 0 spiro atoms. The van der Waals surface area contributed by atoms with Crippen LogP contribution in [0.5, 0.6) is 0 Å². The standard InChI is InChI=1S/C31H38S/c1-3-5-7-9-11-13-15-24-17-19-27-26(21-24)23-29-28-20-18-25(22-30(28)32-31(27)29)16-14-12-10-8-6-4-2/h13-22H,3-12,23H2,1-2H3/b15-13+,16-14+. The highest BCUT2D eigenvalue weighted by atomic mass is 32.1. The molecule has 0 nitrogen and oxygen atoms in total. The van der Waals surface area contributed by atoms with Crippen LogP contribution < -0.4 is 0 Å². The number of allylic oxidation sites excluding steroid dienone is 2. The van der Waals surface area contributed by atoms with Gasteiger partial charge in [0.05, 0.1) is 0 Å². The van der Waals surface area contributed by atoms with E-state index in [1.807, 2.05) is 11.3 Å². The summed E-state index contributed by atoms with van der Waals surface area (Å²) in [5.41, 5.74) is 7.18. The van der Waals surface area contributed by atoms with Crippen molar-refractivity contribution in [1.82, 2.24) is 0 Å². The fourth-order valence-corrected chi connectivity index (χ4v) is 6.09. The molecule has 168 valence electrons. The van der Waals surface area contributed by atoms with E-state index in [0.717, 1.165) is 6.42 Å². The van der Waals surface area contributed by atoms with Gasteiger partial charge in [-0.3, -0.25) is 0 Å². The van der Waals surface area contributed by atoms with Gasteiger partial charge in [0, 0.05) is 16.0 Å². The minimum Gasteiger partial charge on any atom is -0.135 e. The lowest BCUT2D eigenvalue weighted by atomic mass is 10.0. The normalized spacial score (nSPS) is 12.9. The molecule has 1 heteroatoms. The average molecular weight is 443 g/mol. The molecule has 1 heterocycles. The molecule has 0 aliphatic heterocycles.